The van der Waals surface area contributed by atoms with Crippen molar-refractivity contribution in [2.45, 2.75) is 51.0 Å². The number of hydrogen-bond acceptors (Lipinski definition) is 4. The van der Waals surface area contributed by atoms with Crippen molar-refractivity contribution < 1.29 is 13.2 Å². The number of halogens is 1. The number of amides is 1. The molecule has 0 aliphatic rings. The lowest BCUT2D eigenvalue weighted by Gasteiger charge is -2.23. The molecule has 0 radical (unpaired) electrons. The fourth-order valence-corrected chi connectivity index (χ4v) is 2.83. The van der Waals surface area contributed by atoms with Crippen molar-refractivity contribution in [1.82, 2.24) is 15.5 Å². The largest absolute Gasteiger partial charge is 0.346 e. The van der Waals surface area contributed by atoms with Crippen LogP contribution in [0.15, 0.2) is 4.90 Å². The fourth-order valence-electron chi connectivity index (χ4n) is 1.48. The molecule has 0 spiro atoms. The third kappa shape index (κ3) is 3.70. The van der Waals surface area contributed by atoms with Gasteiger partial charge in [-0.1, -0.05) is 13.8 Å². The predicted octanol–water partition coefficient (Wildman–Crippen LogP) is 1.82. The molecule has 108 valence electrons. The fraction of sp³-hybridized carbons (Fsp3) is 0.636. The minimum absolute atomic E-state index is 0.187. The van der Waals surface area contributed by atoms with Gasteiger partial charge in [-0.2, -0.15) is 5.10 Å². The van der Waals surface area contributed by atoms with Gasteiger partial charge >= 0.3 is 0 Å². The third-order valence-electron chi connectivity index (χ3n) is 2.94. The van der Waals surface area contributed by atoms with Crippen LogP contribution in [0.1, 0.15) is 50.3 Å². The molecule has 1 aromatic heterocycles. The maximum Gasteiger partial charge on any atom is 0.273 e. The molecular weight excluding hydrogens is 290 g/mol. The van der Waals surface area contributed by atoms with Crippen LogP contribution in [0.4, 0.5) is 0 Å². The van der Waals surface area contributed by atoms with Crippen LogP contribution < -0.4 is 5.32 Å². The Morgan fingerprint density at radius 2 is 2.00 bits per heavy atom. The van der Waals surface area contributed by atoms with Crippen molar-refractivity contribution in [2.75, 3.05) is 0 Å². The van der Waals surface area contributed by atoms with E-state index in [4.69, 9.17) is 10.7 Å². The Morgan fingerprint density at radius 3 is 2.42 bits per heavy atom. The normalized spacial score (nSPS) is 12.5. The Labute approximate surface area is 117 Å². The molecule has 8 heteroatoms. The molecule has 0 unspecified atom stereocenters. The van der Waals surface area contributed by atoms with E-state index in [1.165, 1.54) is 0 Å². The number of aryl methyl sites for hydroxylation is 1. The molecule has 0 atom stereocenters. The summed E-state index contributed by atoms with van der Waals surface area (Å²) < 4.78 is 23.1. The minimum Gasteiger partial charge on any atom is -0.346 e. The summed E-state index contributed by atoms with van der Waals surface area (Å²) in [5.41, 5.74) is -0.307. The number of aromatic amines is 1. The van der Waals surface area contributed by atoms with Gasteiger partial charge in [-0.3, -0.25) is 9.89 Å². The van der Waals surface area contributed by atoms with Crippen LogP contribution >= 0.6 is 10.7 Å². The zero-order chi connectivity index (χ0) is 14.8. The van der Waals surface area contributed by atoms with Crippen LogP contribution in [-0.4, -0.2) is 30.1 Å². The summed E-state index contributed by atoms with van der Waals surface area (Å²) in [4.78, 5) is 11.9. The molecule has 19 heavy (non-hydrogen) atoms. The number of carbonyl (C=O) groups excluding carboxylic acids is 1. The number of nitrogens with one attached hydrogen (secondary N) is 2. The summed E-state index contributed by atoms with van der Waals surface area (Å²) in [7, 11) is 1.35. The molecule has 6 nitrogen and oxygen atoms in total. The highest BCUT2D eigenvalue weighted by Crippen LogP contribution is 2.23. The van der Waals surface area contributed by atoms with E-state index >= 15 is 0 Å². The van der Waals surface area contributed by atoms with Crippen molar-refractivity contribution in [3.63, 3.8) is 0 Å². The van der Waals surface area contributed by atoms with Gasteiger partial charge in [0.15, 0.2) is 5.69 Å². The lowest BCUT2D eigenvalue weighted by Crippen LogP contribution is -2.43. The van der Waals surface area contributed by atoms with Gasteiger partial charge in [-0.15, -0.1) is 0 Å². The first-order valence-electron chi connectivity index (χ1n) is 5.96. The van der Waals surface area contributed by atoms with Crippen LogP contribution in [0.25, 0.3) is 0 Å². The first kappa shape index (κ1) is 16.0. The molecule has 0 aliphatic heterocycles. The quantitative estimate of drug-likeness (QED) is 0.812. The number of H-pyrrole nitrogens is 1. The van der Waals surface area contributed by atoms with E-state index in [2.05, 4.69) is 15.5 Å². The van der Waals surface area contributed by atoms with Gasteiger partial charge in [0, 0.05) is 16.2 Å². The van der Waals surface area contributed by atoms with Crippen LogP contribution in [0.2, 0.25) is 0 Å². The van der Waals surface area contributed by atoms with E-state index in [0.29, 0.717) is 18.5 Å². The van der Waals surface area contributed by atoms with Gasteiger partial charge in [0.05, 0.1) is 5.69 Å². The van der Waals surface area contributed by atoms with Crippen molar-refractivity contribution in [3.05, 3.63) is 11.4 Å². The highest BCUT2D eigenvalue weighted by molar-refractivity contribution is 8.13. The molecule has 0 fully saturated rings. The Hall–Kier alpha value is -1.08. The van der Waals surface area contributed by atoms with Gasteiger partial charge in [0.25, 0.3) is 15.0 Å². The summed E-state index contributed by atoms with van der Waals surface area (Å²) in [6.07, 6.45) is 1.09. The van der Waals surface area contributed by atoms with Gasteiger partial charge in [0.1, 0.15) is 4.90 Å². The summed E-state index contributed by atoms with van der Waals surface area (Å²) in [6, 6.07) is 0. The molecule has 0 aromatic carbocycles. The number of nitrogens with zero attached hydrogens (tertiary/aromatic N) is 1. The Morgan fingerprint density at radius 1 is 1.42 bits per heavy atom. The highest BCUT2D eigenvalue weighted by atomic mass is 35.7. The standard InChI is InChI=1S/C11H18ClN3O3S/c1-5-7-9(19(12,17)18)8(15-14-7)10(16)13-11(3,4)6-2/h5-6H2,1-4H3,(H,13,16)(H,14,15). The van der Waals surface area contributed by atoms with E-state index in [-0.39, 0.29) is 10.6 Å². The number of rotatable bonds is 5. The van der Waals surface area contributed by atoms with Crippen molar-refractivity contribution in [3.8, 4) is 0 Å². The zero-order valence-electron chi connectivity index (χ0n) is 11.4. The first-order valence-corrected chi connectivity index (χ1v) is 8.27. The maximum absolute atomic E-state index is 12.1. The van der Waals surface area contributed by atoms with E-state index < -0.39 is 20.5 Å². The van der Waals surface area contributed by atoms with Crippen molar-refractivity contribution in [1.29, 1.82) is 0 Å². The van der Waals surface area contributed by atoms with Gasteiger partial charge in [0.2, 0.25) is 0 Å². The number of aromatic nitrogens is 2. The Balaban J connectivity index is 3.22. The van der Waals surface area contributed by atoms with E-state index in [1.807, 2.05) is 20.8 Å². The van der Waals surface area contributed by atoms with Crippen LogP contribution in [0.5, 0.6) is 0 Å². The summed E-state index contributed by atoms with van der Waals surface area (Å²) in [5.74, 6) is -0.554. The van der Waals surface area contributed by atoms with Crippen molar-refractivity contribution in [2.24, 2.45) is 0 Å². The average molecular weight is 308 g/mol. The lowest BCUT2D eigenvalue weighted by molar-refractivity contribution is 0.0902. The number of hydrogen-bond donors (Lipinski definition) is 2. The predicted molar refractivity (Wildman–Crippen MR) is 72.8 cm³/mol. The van der Waals surface area contributed by atoms with Crippen LogP contribution in [-0.2, 0) is 15.5 Å². The summed E-state index contributed by atoms with van der Waals surface area (Å²) in [5, 5.41) is 9.04. The van der Waals surface area contributed by atoms with E-state index in [9.17, 15) is 13.2 Å². The van der Waals surface area contributed by atoms with Crippen LogP contribution in [0, 0.1) is 0 Å². The second kappa shape index (κ2) is 5.50. The van der Waals surface area contributed by atoms with Gasteiger partial charge in [-0.25, -0.2) is 8.42 Å². The second-order valence-corrected chi connectivity index (χ2v) is 7.37. The maximum atomic E-state index is 12.1. The van der Waals surface area contributed by atoms with Crippen LogP contribution in [0.3, 0.4) is 0 Å². The molecule has 1 rings (SSSR count). The second-order valence-electron chi connectivity index (χ2n) is 4.86. The average Bonchev–Trinajstić information content (AvgIpc) is 2.71. The number of carbonyl (C=O) groups is 1. The zero-order valence-corrected chi connectivity index (χ0v) is 12.9. The van der Waals surface area contributed by atoms with E-state index in [0.717, 1.165) is 0 Å². The molecule has 1 heterocycles. The Kier molecular flexibility index (Phi) is 4.63. The molecule has 1 amide bonds. The summed E-state index contributed by atoms with van der Waals surface area (Å²) in [6.45, 7) is 7.35. The van der Waals surface area contributed by atoms with Gasteiger partial charge in [-0.05, 0) is 26.7 Å². The lowest BCUT2D eigenvalue weighted by atomic mass is 10.0. The molecule has 2 N–H and O–H groups in total. The SMILES string of the molecule is CCc1[nH]nc(C(=O)NC(C)(C)CC)c1S(=O)(=O)Cl. The first-order chi connectivity index (χ1) is 8.62. The van der Waals surface area contributed by atoms with Gasteiger partial charge < -0.3 is 5.32 Å². The van der Waals surface area contributed by atoms with Crippen molar-refractivity contribution >= 4 is 25.6 Å². The Bertz CT molecular complexity index is 578. The molecule has 0 saturated carbocycles. The topological polar surface area (TPSA) is 91.9 Å². The minimum atomic E-state index is -4.02. The highest BCUT2D eigenvalue weighted by Gasteiger charge is 2.30. The molecule has 0 aliphatic carbocycles. The smallest absolute Gasteiger partial charge is 0.273 e. The third-order valence-corrected chi connectivity index (χ3v) is 4.33. The molecule has 0 saturated heterocycles. The molecular formula is C11H18ClN3O3S. The molecule has 0 bridgehead atoms. The summed E-state index contributed by atoms with van der Waals surface area (Å²) >= 11 is 0. The van der Waals surface area contributed by atoms with E-state index in [1.54, 1.807) is 6.92 Å². The molecule has 1 aromatic rings. The monoisotopic (exact) mass is 307 g/mol.